The third-order valence-electron chi connectivity index (χ3n) is 14.0. The summed E-state index contributed by atoms with van der Waals surface area (Å²) in [6.07, 6.45) is 37.6. The average molecular weight is 1190 g/mol. The number of ether oxygens (including phenoxy) is 4. The molecule has 0 aliphatic rings. The van der Waals surface area contributed by atoms with Crippen molar-refractivity contribution in [3.63, 3.8) is 0 Å². The highest BCUT2D eigenvalue weighted by molar-refractivity contribution is 7.47. The number of aliphatic hydroxyl groups excluding tert-OH is 1. The van der Waals surface area contributed by atoms with Crippen LogP contribution in [0, 0.1) is 5.92 Å². The van der Waals surface area contributed by atoms with Gasteiger partial charge in [0.2, 0.25) is 0 Å². The topological polar surface area (TPSA) is 237 Å². The van der Waals surface area contributed by atoms with Crippen molar-refractivity contribution in [2.75, 3.05) is 39.6 Å². The van der Waals surface area contributed by atoms with Crippen molar-refractivity contribution >= 4 is 39.5 Å². The van der Waals surface area contributed by atoms with E-state index < -0.39 is 97.5 Å². The molecule has 5 atom stereocenters. The van der Waals surface area contributed by atoms with Crippen molar-refractivity contribution in [3.05, 3.63) is 0 Å². The van der Waals surface area contributed by atoms with Crippen LogP contribution in [0.3, 0.4) is 0 Å². The van der Waals surface area contributed by atoms with E-state index in [9.17, 15) is 43.2 Å². The van der Waals surface area contributed by atoms with Gasteiger partial charge in [-0.25, -0.2) is 9.13 Å². The zero-order valence-corrected chi connectivity index (χ0v) is 53.0. The number of phosphoric ester groups is 2. The molecule has 0 rings (SSSR count). The summed E-state index contributed by atoms with van der Waals surface area (Å²) in [7, 11) is -9.88. The first-order chi connectivity index (χ1) is 38.5. The minimum atomic E-state index is -4.94. The van der Waals surface area contributed by atoms with E-state index in [2.05, 4.69) is 34.6 Å². The highest BCUT2D eigenvalue weighted by Gasteiger charge is 2.30. The first-order valence-corrected chi connectivity index (χ1v) is 35.1. The van der Waals surface area contributed by atoms with Crippen LogP contribution in [-0.4, -0.2) is 96.7 Å². The molecule has 0 amide bonds. The predicted octanol–water partition coefficient (Wildman–Crippen LogP) is 16.6. The van der Waals surface area contributed by atoms with Crippen LogP contribution < -0.4 is 0 Å². The van der Waals surface area contributed by atoms with Crippen LogP contribution in [0.15, 0.2) is 0 Å². The third-order valence-corrected chi connectivity index (χ3v) is 15.9. The lowest BCUT2D eigenvalue weighted by Crippen LogP contribution is -2.30. The second kappa shape index (κ2) is 55.0. The van der Waals surface area contributed by atoms with Gasteiger partial charge in [0, 0.05) is 25.7 Å². The van der Waals surface area contributed by atoms with Crippen LogP contribution in [-0.2, 0) is 65.4 Å². The molecule has 0 aromatic rings. The molecule has 0 aromatic carbocycles. The Kier molecular flexibility index (Phi) is 53.6. The quantitative estimate of drug-likeness (QED) is 0.0222. The summed E-state index contributed by atoms with van der Waals surface area (Å²) in [6.45, 7) is 7.07. The fourth-order valence-electron chi connectivity index (χ4n) is 9.05. The second-order valence-corrected chi connectivity index (χ2v) is 25.5. The maximum atomic E-state index is 12.9. The molecule has 0 aliphatic carbocycles. The summed E-state index contributed by atoms with van der Waals surface area (Å²) >= 11 is 0. The molecule has 474 valence electrons. The van der Waals surface area contributed by atoms with E-state index in [1.165, 1.54) is 122 Å². The van der Waals surface area contributed by atoms with Gasteiger partial charge in [-0.2, -0.15) is 0 Å². The van der Waals surface area contributed by atoms with Crippen LogP contribution in [0.5, 0.6) is 0 Å². The molecule has 0 saturated heterocycles. The van der Waals surface area contributed by atoms with Crippen molar-refractivity contribution in [1.29, 1.82) is 0 Å². The molecule has 0 spiro atoms. The number of aliphatic hydroxyl groups is 1. The zero-order chi connectivity index (χ0) is 59.2. The van der Waals surface area contributed by atoms with Crippen molar-refractivity contribution in [1.82, 2.24) is 0 Å². The molecule has 0 saturated carbocycles. The average Bonchev–Trinajstić information content (AvgIpc) is 3.42. The molecule has 0 radical (unpaired) electrons. The van der Waals surface area contributed by atoms with Crippen molar-refractivity contribution < 1.29 is 80.2 Å². The molecule has 80 heavy (non-hydrogen) atoms. The molecular formula is C61H118O17P2. The van der Waals surface area contributed by atoms with E-state index >= 15 is 0 Å². The number of carbonyl (C=O) groups is 4. The Labute approximate surface area is 486 Å². The van der Waals surface area contributed by atoms with Gasteiger partial charge in [0.25, 0.3) is 0 Å². The fraction of sp³-hybridized carbons (Fsp3) is 0.934. The Morgan fingerprint density at radius 2 is 0.575 bits per heavy atom. The van der Waals surface area contributed by atoms with Crippen molar-refractivity contribution in [2.45, 2.75) is 323 Å². The van der Waals surface area contributed by atoms with Crippen molar-refractivity contribution in [2.24, 2.45) is 5.92 Å². The molecule has 2 unspecified atom stereocenters. The van der Waals surface area contributed by atoms with E-state index in [4.69, 9.17) is 37.0 Å². The lowest BCUT2D eigenvalue weighted by Gasteiger charge is -2.21. The fourth-order valence-corrected chi connectivity index (χ4v) is 10.6. The van der Waals surface area contributed by atoms with Gasteiger partial charge < -0.3 is 33.8 Å². The second-order valence-electron chi connectivity index (χ2n) is 22.6. The summed E-state index contributed by atoms with van der Waals surface area (Å²) in [4.78, 5) is 72.0. The summed E-state index contributed by atoms with van der Waals surface area (Å²) in [5.74, 6) is -1.46. The standard InChI is InChI=1S/C61H118O17P2/c1-6-9-12-15-18-21-24-27-30-37-42-47-61(66)77-56(50-71-58(63)44-39-34-28-25-22-19-16-13-10-7-2)52-75-79(67,68)73-48-55(62)49-74-80(69,70)76-53-57(51-72-59(64)45-40-35-32-31-33-38-43-54(4)5)78-60(65)46-41-36-29-26-23-20-17-14-11-8-3/h54-57,62H,6-53H2,1-5H3,(H,67,68)(H,69,70)/t55-,56-,57-/m1/s1. The normalized spacial score (nSPS) is 14.3. The number of hydrogen-bond acceptors (Lipinski definition) is 15. The Balaban J connectivity index is 5.23. The monoisotopic (exact) mass is 1180 g/mol. The summed E-state index contributed by atoms with van der Waals surface area (Å²) in [5, 5.41) is 10.5. The van der Waals surface area contributed by atoms with Crippen LogP contribution in [0.25, 0.3) is 0 Å². The van der Waals surface area contributed by atoms with Crippen LogP contribution in [0.2, 0.25) is 0 Å². The number of phosphoric acid groups is 2. The molecular weight excluding hydrogens is 1070 g/mol. The molecule has 19 heteroatoms. The van der Waals surface area contributed by atoms with Crippen molar-refractivity contribution in [3.8, 4) is 0 Å². The van der Waals surface area contributed by atoms with Gasteiger partial charge in [-0.1, -0.05) is 253 Å². The molecule has 0 aromatic heterocycles. The Hall–Kier alpha value is -1.94. The highest BCUT2D eigenvalue weighted by Crippen LogP contribution is 2.45. The third kappa shape index (κ3) is 55.3. The maximum Gasteiger partial charge on any atom is 0.472 e. The number of esters is 4. The van der Waals surface area contributed by atoms with Gasteiger partial charge in [-0.15, -0.1) is 0 Å². The van der Waals surface area contributed by atoms with Gasteiger partial charge in [0.15, 0.2) is 12.2 Å². The van der Waals surface area contributed by atoms with E-state index in [0.717, 1.165) is 96.3 Å². The van der Waals surface area contributed by atoms with Crippen LogP contribution in [0.4, 0.5) is 0 Å². The number of carbonyl (C=O) groups excluding carboxylic acids is 4. The largest absolute Gasteiger partial charge is 0.472 e. The minimum absolute atomic E-state index is 0.105. The van der Waals surface area contributed by atoms with E-state index in [1.54, 1.807) is 0 Å². The summed E-state index contributed by atoms with van der Waals surface area (Å²) in [5.41, 5.74) is 0. The maximum absolute atomic E-state index is 12.9. The molecule has 17 nitrogen and oxygen atoms in total. The van der Waals surface area contributed by atoms with Crippen LogP contribution >= 0.6 is 15.6 Å². The minimum Gasteiger partial charge on any atom is -0.462 e. The number of hydrogen-bond donors (Lipinski definition) is 3. The highest BCUT2D eigenvalue weighted by atomic mass is 31.2. The predicted molar refractivity (Wildman–Crippen MR) is 317 cm³/mol. The molecule has 3 N–H and O–H groups in total. The van der Waals surface area contributed by atoms with E-state index in [0.29, 0.717) is 31.6 Å². The van der Waals surface area contributed by atoms with Gasteiger partial charge in [-0.05, 0) is 31.6 Å². The lowest BCUT2D eigenvalue weighted by molar-refractivity contribution is -0.161. The summed E-state index contributed by atoms with van der Waals surface area (Å²) in [6, 6.07) is 0. The first kappa shape index (κ1) is 78.1. The first-order valence-electron chi connectivity index (χ1n) is 32.1. The Bertz CT molecular complexity index is 1570. The molecule has 0 heterocycles. The van der Waals surface area contributed by atoms with Gasteiger partial charge in [0.05, 0.1) is 26.4 Å². The number of rotatable bonds is 61. The Morgan fingerprint density at radius 3 is 0.850 bits per heavy atom. The van der Waals surface area contributed by atoms with E-state index in [-0.39, 0.29) is 25.7 Å². The van der Waals surface area contributed by atoms with Gasteiger partial charge in [-0.3, -0.25) is 37.3 Å². The molecule has 0 fully saturated rings. The van der Waals surface area contributed by atoms with Gasteiger partial charge >= 0.3 is 39.5 Å². The summed E-state index contributed by atoms with van der Waals surface area (Å²) < 4.78 is 67.8. The Morgan fingerprint density at radius 1 is 0.338 bits per heavy atom. The zero-order valence-electron chi connectivity index (χ0n) is 51.2. The smallest absolute Gasteiger partial charge is 0.462 e. The molecule has 0 bridgehead atoms. The van der Waals surface area contributed by atoms with Crippen LogP contribution in [0.1, 0.15) is 304 Å². The lowest BCUT2D eigenvalue weighted by atomic mass is 10.0. The molecule has 0 aliphatic heterocycles. The SMILES string of the molecule is CCCCCCCCCCCCCC(=O)O[C@H](COC(=O)CCCCCCCCCCCC)COP(=O)(O)OC[C@@H](O)COP(=O)(O)OC[C@@H](COC(=O)CCCCCCCCC(C)C)OC(=O)CCCCCCCCCCCC. The van der Waals surface area contributed by atoms with Gasteiger partial charge in [0.1, 0.15) is 19.3 Å². The number of unbranched alkanes of at least 4 members (excludes halogenated alkanes) is 33. The van der Waals surface area contributed by atoms with E-state index in [1.807, 2.05) is 0 Å².